The Labute approximate surface area is 117 Å². The molecule has 0 bridgehead atoms. The highest BCUT2D eigenvalue weighted by molar-refractivity contribution is 5.98. The number of para-hydroxylation sites is 1. The van der Waals surface area contributed by atoms with Gasteiger partial charge in [0.2, 0.25) is 0 Å². The van der Waals surface area contributed by atoms with Crippen molar-refractivity contribution in [3.63, 3.8) is 0 Å². The summed E-state index contributed by atoms with van der Waals surface area (Å²) in [6, 6.07) is 9.09. The van der Waals surface area contributed by atoms with E-state index < -0.39 is 5.97 Å². The van der Waals surface area contributed by atoms with E-state index in [1.54, 1.807) is 31.5 Å². The molecule has 0 radical (unpaired) electrons. The van der Waals surface area contributed by atoms with E-state index in [1.165, 1.54) is 0 Å². The molecule has 0 spiro atoms. The number of rotatable bonds is 5. The van der Waals surface area contributed by atoms with Gasteiger partial charge in [-0.25, -0.2) is 4.79 Å². The number of hydrogen-bond donors (Lipinski definition) is 2. The summed E-state index contributed by atoms with van der Waals surface area (Å²) >= 11 is 0. The monoisotopic (exact) mass is 271 g/mol. The third-order valence-corrected chi connectivity index (χ3v) is 2.81. The Balaban J connectivity index is 2.12. The van der Waals surface area contributed by atoms with E-state index in [0.717, 1.165) is 5.56 Å². The molecule has 0 fully saturated rings. The van der Waals surface area contributed by atoms with Crippen molar-refractivity contribution in [2.45, 2.75) is 13.5 Å². The highest BCUT2D eigenvalue weighted by Gasteiger charge is 2.13. The average Bonchev–Trinajstić information content (AvgIpc) is 2.47. The average molecular weight is 271 g/mol. The van der Waals surface area contributed by atoms with E-state index in [0.29, 0.717) is 30.1 Å². The van der Waals surface area contributed by atoms with Crippen LogP contribution in [0.2, 0.25) is 0 Å². The van der Waals surface area contributed by atoms with Gasteiger partial charge in [0.05, 0.1) is 23.5 Å². The molecule has 1 heterocycles. The number of carbonyl (C=O) groups excluding carboxylic acids is 1. The Morgan fingerprint density at radius 2 is 2.20 bits per heavy atom. The van der Waals surface area contributed by atoms with Gasteiger partial charge in [0.1, 0.15) is 0 Å². The van der Waals surface area contributed by atoms with E-state index in [2.05, 4.69) is 10.3 Å². The maximum absolute atomic E-state index is 11.8. The minimum atomic E-state index is -0.407. The first-order valence-electron chi connectivity index (χ1n) is 6.40. The smallest absolute Gasteiger partial charge is 0.340 e. The molecule has 2 aromatic rings. The number of nitrogens with one attached hydrogen (secondary N) is 1. The van der Waals surface area contributed by atoms with Crippen molar-refractivity contribution in [1.29, 1.82) is 0 Å². The van der Waals surface area contributed by atoms with Crippen molar-refractivity contribution in [2.75, 3.05) is 17.7 Å². The summed E-state index contributed by atoms with van der Waals surface area (Å²) < 4.78 is 4.97. The summed E-state index contributed by atoms with van der Waals surface area (Å²) in [5.41, 5.74) is 8.52. The van der Waals surface area contributed by atoms with Gasteiger partial charge >= 0.3 is 5.97 Å². The topological polar surface area (TPSA) is 77.2 Å². The first kappa shape index (κ1) is 13.9. The SMILES string of the molecule is CCOC(=O)c1cccc(NCc2cccnc2)c1N. The fraction of sp³-hybridized carbons (Fsp3) is 0.200. The highest BCUT2D eigenvalue weighted by atomic mass is 16.5. The van der Waals surface area contributed by atoms with Gasteiger partial charge in [0.15, 0.2) is 0 Å². The van der Waals surface area contributed by atoms with E-state index in [1.807, 2.05) is 18.2 Å². The minimum Gasteiger partial charge on any atom is -0.462 e. The van der Waals surface area contributed by atoms with E-state index in [4.69, 9.17) is 10.5 Å². The number of nitrogens with zero attached hydrogens (tertiary/aromatic N) is 1. The van der Waals surface area contributed by atoms with Crippen LogP contribution in [0.1, 0.15) is 22.8 Å². The number of benzene rings is 1. The lowest BCUT2D eigenvalue weighted by atomic mass is 10.1. The largest absolute Gasteiger partial charge is 0.462 e. The Bertz CT molecular complexity index is 585. The molecule has 0 saturated heterocycles. The Morgan fingerprint density at radius 1 is 1.35 bits per heavy atom. The maximum Gasteiger partial charge on any atom is 0.340 e. The molecule has 1 aromatic carbocycles. The molecule has 5 heteroatoms. The summed E-state index contributed by atoms with van der Waals surface area (Å²) in [5.74, 6) is -0.407. The zero-order valence-corrected chi connectivity index (χ0v) is 11.3. The highest BCUT2D eigenvalue weighted by Crippen LogP contribution is 2.24. The summed E-state index contributed by atoms with van der Waals surface area (Å²) in [6.45, 7) is 2.68. The van der Waals surface area contributed by atoms with Crippen LogP contribution in [0.5, 0.6) is 0 Å². The number of esters is 1. The van der Waals surface area contributed by atoms with Gasteiger partial charge in [-0.05, 0) is 30.7 Å². The van der Waals surface area contributed by atoms with Crippen LogP contribution in [0.4, 0.5) is 11.4 Å². The second-order valence-corrected chi connectivity index (χ2v) is 4.20. The molecule has 20 heavy (non-hydrogen) atoms. The molecule has 2 rings (SSSR count). The molecule has 104 valence electrons. The summed E-state index contributed by atoms with van der Waals surface area (Å²) in [6.07, 6.45) is 3.50. The summed E-state index contributed by atoms with van der Waals surface area (Å²) in [7, 11) is 0. The lowest BCUT2D eigenvalue weighted by Crippen LogP contribution is -2.10. The van der Waals surface area contributed by atoms with Crippen LogP contribution in [-0.2, 0) is 11.3 Å². The Hall–Kier alpha value is -2.56. The molecule has 5 nitrogen and oxygen atoms in total. The van der Waals surface area contributed by atoms with Crippen LogP contribution in [-0.4, -0.2) is 17.6 Å². The zero-order chi connectivity index (χ0) is 14.4. The molecule has 0 aliphatic carbocycles. The molecular formula is C15H17N3O2. The number of pyridine rings is 1. The summed E-state index contributed by atoms with van der Waals surface area (Å²) in [4.78, 5) is 15.8. The Morgan fingerprint density at radius 3 is 2.90 bits per heavy atom. The van der Waals surface area contributed by atoms with Crippen LogP contribution in [0.15, 0.2) is 42.7 Å². The van der Waals surface area contributed by atoms with Gasteiger partial charge in [0.25, 0.3) is 0 Å². The second kappa shape index (κ2) is 6.56. The first-order valence-corrected chi connectivity index (χ1v) is 6.40. The number of nitrogen functional groups attached to an aromatic ring is 1. The van der Waals surface area contributed by atoms with Crippen molar-refractivity contribution >= 4 is 17.3 Å². The molecular weight excluding hydrogens is 254 g/mol. The Kier molecular flexibility index (Phi) is 4.55. The first-order chi connectivity index (χ1) is 9.72. The fourth-order valence-corrected chi connectivity index (χ4v) is 1.81. The zero-order valence-electron chi connectivity index (χ0n) is 11.3. The number of anilines is 2. The van der Waals surface area contributed by atoms with Crippen LogP contribution in [0, 0.1) is 0 Å². The second-order valence-electron chi connectivity index (χ2n) is 4.20. The van der Waals surface area contributed by atoms with Crippen molar-refractivity contribution < 1.29 is 9.53 Å². The van der Waals surface area contributed by atoms with E-state index >= 15 is 0 Å². The van der Waals surface area contributed by atoms with Crippen molar-refractivity contribution in [3.8, 4) is 0 Å². The molecule has 0 aliphatic heterocycles. The van der Waals surface area contributed by atoms with Gasteiger partial charge in [0, 0.05) is 18.9 Å². The van der Waals surface area contributed by atoms with Crippen molar-refractivity contribution in [1.82, 2.24) is 4.98 Å². The predicted octanol–water partition coefficient (Wildman–Crippen LogP) is 2.45. The standard InChI is InChI=1S/C15H17N3O2/c1-2-20-15(19)12-6-3-7-13(14(12)16)18-10-11-5-4-8-17-9-11/h3-9,18H,2,10,16H2,1H3. The van der Waals surface area contributed by atoms with Gasteiger partial charge in [-0.3, -0.25) is 4.98 Å². The quantitative estimate of drug-likeness (QED) is 0.645. The summed E-state index contributed by atoms with van der Waals surface area (Å²) in [5, 5.41) is 3.19. The van der Waals surface area contributed by atoms with Crippen LogP contribution < -0.4 is 11.1 Å². The molecule has 0 unspecified atom stereocenters. The fourth-order valence-electron chi connectivity index (χ4n) is 1.81. The molecule has 0 amide bonds. The third kappa shape index (κ3) is 3.26. The number of aromatic nitrogens is 1. The van der Waals surface area contributed by atoms with Gasteiger partial charge in [-0.1, -0.05) is 12.1 Å². The molecule has 0 atom stereocenters. The van der Waals surface area contributed by atoms with Gasteiger partial charge in [-0.2, -0.15) is 0 Å². The molecule has 0 aliphatic rings. The number of nitrogens with two attached hydrogens (primary N) is 1. The molecule has 1 aromatic heterocycles. The lowest BCUT2D eigenvalue weighted by Gasteiger charge is -2.12. The van der Waals surface area contributed by atoms with E-state index in [-0.39, 0.29) is 0 Å². The van der Waals surface area contributed by atoms with Gasteiger partial charge < -0.3 is 15.8 Å². The molecule has 3 N–H and O–H groups in total. The van der Waals surface area contributed by atoms with E-state index in [9.17, 15) is 4.79 Å². The predicted molar refractivity (Wildman–Crippen MR) is 78.4 cm³/mol. The third-order valence-electron chi connectivity index (χ3n) is 2.81. The number of carbonyl (C=O) groups is 1. The maximum atomic E-state index is 11.8. The van der Waals surface area contributed by atoms with Crippen molar-refractivity contribution in [2.24, 2.45) is 0 Å². The number of ether oxygens (including phenoxy) is 1. The normalized spacial score (nSPS) is 10.1. The molecule has 0 saturated carbocycles. The van der Waals surface area contributed by atoms with Crippen molar-refractivity contribution in [3.05, 3.63) is 53.9 Å². The van der Waals surface area contributed by atoms with Crippen LogP contribution >= 0.6 is 0 Å². The lowest BCUT2D eigenvalue weighted by molar-refractivity contribution is 0.0527. The van der Waals surface area contributed by atoms with Gasteiger partial charge in [-0.15, -0.1) is 0 Å². The van der Waals surface area contributed by atoms with Crippen LogP contribution in [0.3, 0.4) is 0 Å². The number of hydrogen-bond acceptors (Lipinski definition) is 5. The minimum absolute atomic E-state index is 0.325. The van der Waals surface area contributed by atoms with Crippen LogP contribution in [0.25, 0.3) is 0 Å².